The van der Waals surface area contributed by atoms with Crippen LogP contribution in [-0.4, -0.2) is 113 Å². The molecule has 3 radical (unpaired) electrons. The molecular weight excluding hydrogens is 847 g/mol. The minimum atomic E-state index is -0.553. The van der Waals surface area contributed by atoms with E-state index < -0.39 is 36.0 Å². The average Bonchev–Trinajstić information content (AvgIpc) is 2.85. The number of esters is 3. The van der Waals surface area contributed by atoms with Crippen LogP contribution in [0.5, 0.6) is 0 Å². The summed E-state index contributed by atoms with van der Waals surface area (Å²) >= 11 is 1.96. The Morgan fingerprint density at radius 3 is 0.914 bits per heavy atom. The van der Waals surface area contributed by atoms with Crippen molar-refractivity contribution in [1.82, 2.24) is 14.7 Å². The number of hydrogen-bond donors (Lipinski definition) is 0. The third kappa shape index (κ3) is 28.3. The molecule has 0 fully saturated rings. The smallest absolute Gasteiger partial charge is 0 e. The molecule has 0 aliphatic heterocycles. The molecule has 0 heterocycles. The Kier molecular flexibility index (Phi) is 50.0. The number of ether oxygens (including phenoxy) is 3. The molecule has 3 amide bonds. The van der Waals surface area contributed by atoms with Crippen LogP contribution in [-0.2, 0) is 155 Å². The Morgan fingerprint density at radius 1 is 0.686 bits per heavy atom. The van der Waals surface area contributed by atoms with Gasteiger partial charge in [0.2, 0.25) is 0 Å². The molecule has 0 rings (SSSR count). The van der Waals surface area contributed by atoms with Crippen molar-refractivity contribution in [2.45, 2.75) is 38.9 Å². The van der Waals surface area contributed by atoms with Crippen LogP contribution in [0.15, 0.2) is 0 Å². The Morgan fingerprint density at radius 2 is 0.829 bits per heavy atom. The maximum absolute atomic E-state index is 10.7. The monoisotopic (exact) mass is 879 g/mol. The van der Waals surface area contributed by atoms with Gasteiger partial charge in [-0.25, -0.2) is 14.4 Å². The van der Waals surface area contributed by atoms with Crippen molar-refractivity contribution >= 4 is 57.1 Å². The summed E-state index contributed by atoms with van der Waals surface area (Å²) in [6.45, 7) is 4.70. The van der Waals surface area contributed by atoms with Crippen LogP contribution in [0.4, 0.5) is 0 Å². The number of methoxy groups -OCH3 is 3. The summed E-state index contributed by atoms with van der Waals surface area (Å²) in [6.07, 6.45) is 4.69. The summed E-state index contributed by atoms with van der Waals surface area (Å²) in [4.78, 5) is 65.2. The molecule has 0 aliphatic carbocycles. The fourth-order valence-electron chi connectivity index (χ4n) is 1.22. The van der Waals surface area contributed by atoms with Gasteiger partial charge in [0.15, 0.2) is 0 Å². The largest absolute Gasteiger partial charge is 0 e. The number of likely N-dealkylation sites (N-methyl/N-ethyl adjacent to an activating group) is 3. The van der Waals surface area contributed by atoms with Crippen molar-refractivity contribution in [1.29, 1.82) is 0.879 Å². The van der Waals surface area contributed by atoms with E-state index in [2.05, 4.69) is 14.2 Å². The van der Waals surface area contributed by atoms with E-state index in [1.165, 1.54) is 42.5 Å². The standard InChI is InChI=1S/3C6H10NO3.HI.V.3Y.H/c3*1-5(6(9)10-3)7(2)4-8;;;;;;/h3*5H,1-3H3;1H;;;;;/q3*-1;;+1;;;;/p-1/t2*5-;;;;;;;/m10......./s1/i;;;;;;;;1+1. The summed E-state index contributed by atoms with van der Waals surface area (Å²) in [5.74, 6) is -1.32. The van der Waals surface area contributed by atoms with E-state index >= 15 is 0 Å². The summed E-state index contributed by atoms with van der Waals surface area (Å²) in [6, 6.07) is -1.66. The molecule has 12 nitrogen and oxygen atoms in total. The maximum atomic E-state index is 10.7. The molecule has 0 aromatic carbocycles. The van der Waals surface area contributed by atoms with Gasteiger partial charge in [-0.05, 0) is 41.9 Å². The molecule has 196 valence electrons. The van der Waals surface area contributed by atoms with Gasteiger partial charge in [-0.15, -0.1) is 0 Å². The first-order chi connectivity index (χ1) is 15.3. The molecule has 0 aliphatic rings. The zero-order valence-corrected chi connectivity index (χ0v) is 33.4. The van der Waals surface area contributed by atoms with Gasteiger partial charge >= 0.3 is 52.6 Å². The molecule has 0 saturated heterocycles. The van der Waals surface area contributed by atoms with Gasteiger partial charge < -0.3 is 43.3 Å². The van der Waals surface area contributed by atoms with E-state index in [-0.39, 0.29) is 112 Å². The first kappa shape index (κ1) is 49.4. The molecule has 0 aromatic rings. The summed E-state index contributed by atoms with van der Waals surface area (Å²) in [5, 5.41) is 0. The first-order valence-electron chi connectivity index (χ1n) is 9.06. The number of hydrogen-bond acceptors (Lipinski definition) is 9. The molecular formula is C18H31IN3O9VY3-3. The Labute approximate surface area is 304 Å². The Bertz CT molecular complexity index is 529. The van der Waals surface area contributed by atoms with E-state index in [0.717, 1.165) is 14.7 Å². The normalized spacial score (nSPS) is 10.6. The van der Waals surface area contributed by atoms with Crippen LogP contribution >= 0.6 is 20.0 Å². The Hall–Kier alpha value is 1.45. The van der Waals surface area contributed by atoms with Gasteiger partial charge in [0.1, 0.15) is 0 Å². The van der Waals surface area contributed by atoms with Crippen LogP contribution in [0.1, 0.15) is 20.8 Å². The SMILES string of the molecule is COC(=O)C(C)N(C)[C-]=O.COC(=O)[C@@H](C)N(C)[C-]=O.COC(=O)[C@H](C)N(C)[C-]=O.[2H][V][I].[Y].[Y].[Y]. The van der Waals surface area contributed by atoms with Gasteiger partial charge in [0, 0.05) is 98.1 Å². The second-order valence-electron chi connectivity index (χ2n) is 5.70. The number of carbonyl (C=O) groups excluding carboxylic acids is 6. The molecule has 3 atom stereocenters. The van der Waals surface area contributed by atoms with Crippen molar-refractivity contribution in [3.05, 3.63) is 0 Å². The number of nitrogens with zero attached hydrogens (tertiary/aromatic N) is 3. The minimum absolute atomic E-state index is 0. The number of rotatable bonds is 9. The first-order valence-corrected chi connectivity index (χ1v) is 13.1. The third-order valence-corrected chi connectivity index (χ3v) is 3.80. The van der Waals surface area contributed by atoms with Crippen molar-refractivity contribution in [3.8, 4) is 0 Å². The van der Waals surface area contributed by atoms with Gasteiger partial charge in [-0.3, -0.25) is 0 Å². The predicted molar refractivity (Wildman–Crippen MR) is 120 cm³/mol. The van der Waals surface area contributed by atoms with Gasteiger partial charge in [-0.1, -0.05) is 0 Å². The number of carbonyl (C=O) groups is 3. The zero-order valence-electron chi connectivity index (χ0n) is 22.3. The van der Waals surface area contributed by atoms with Gasteiger partial charge in [-0.2, -0.15) is 19.2 Å². The fourth-order valence-corrected chi connectivity index (χ4v) is 1.22. The zero-order chi connectivity index (χ0) is 27.1. The second-order valence-corrected chi connectivity index (χ2v) is 5.70. The van der Waals surface area contributed by atoms with E-state index in [9.17, 15) is 28.8 Å². The Balaban J connectivity index is -0.0000000637. The van der Waals surface area contributed by atoms with Crippen LogP contribution in [0, 0.1) is 0 Å². The number of halogens is 1. The third-order valence-electron chi connectivity index (χ3n) is 3.80. The van der Waals surface area contributed by atoms with Crippen molar-refractivity contribution in [2.75, 3.05) is 42.5 Å². The average molecular weight is 879 g/mol. The second kappa shape index (κ2) is 35.4. The maximum Gasteiger partial charge on any atom is 0 e. The van der Waals surface area contributed by atoms with Gasteiger partial charge in [0.05, 0.1) is 39.5 Å². The topological polar surface area (TPSA) is 140 Å². The summed E-state index contributed by atoms with van der Waals surface area (Å²) < 4.78 is 19.4. The minimum Gasteiger partial charge on any atom is 0 e. The van der Waals surface area contributed by atoms with Crippen LogP contribution < -0.4 is 0 Å². The number of amides is 3. The molecule has 0 saturated carbocycles. The fraction of sp³-hybridized carbons (Fsp3) is 0.667. The molecule has 0 bridgehead atoms. The molecule has 0 spiro atoms. The van der Waals surface area contributed by atoms with Crippen molar-refractivity contribution < 1.29 is 155 Å². The van der Waals surface area contributed by atoms with Crippen LogP contribution in [0.3, 0.4) is 0 Å². The predicted octanol–water partition coefficient (Wildman–Crippen LogP) is -0.751. The molecule has 0 N–H and O–H groups in total. The summed E-state index contributed by atoms with van der Waals surface area (Å²) in [7, 11) is 8.23. The van der Waals surface area contributed by atoms with Gasteiger partial charge in [0.25, 0.3) is 0 Å². The van der Waals surface area contributed by atoms with Crippen LogP contribution in [0.25, 0.3) is 0 Å². The molecule has 35 heavy (non-hydrogen) atoms. The van der Waals surface area contributed by atoms with E-state index in [1.807, 2.05) is 20.0 Å². The van der Waals surface area contributed by atoms with E-state index in [0.29, 0.717) is 0 Å². The van der Waals surface area contributed by atoms with Crippen LogP contribution in [0.2, 0.25) is 0 Å². The van der Waals surface area contributed by atoms with E-state index in [4.69, 9.17) is 0.879 Å². The van der Waals surface area contributed by atoms with Crippen molar-refractivity contribution in [2.24, 2.45) is 0 Å². The molecule has 0 aromatic heterocycles. The quantitative estimate of drug-likeness (QED) is 0.0964. The summed E-state index contributed by atoms with van der Waals surface area (Å²) in [5.41, 5.74) is 0. The molecule has 1 unspecified atom stereocenters. The molecule has 17 heteroatoms. The van der Waals surface area contributed by atoms with Crippen molar-refractivity contribution in [3.63, 3.8) is 0 Å². The van der Waals surface area contributed by atoms with E-state index in [1.54, 1.807) is 40.0 Å².